The summed E-state index contributed by atoms with van der Waals surface area (Å²) in [6, 6.07) is 5.80. The molecule has 0 aromatic heterocycles. The molecule has 0 atom stereocenters. The number of carbonyl (C=O) groups excluding carboxylic acids is 1. The molecule has 0 spiro atoms. The summed E-state index contributed by atoms with van der Waals surface area (Å²) in [5.41, 5.74) is 6.05. The lowest BCUT2D eigenvalue weighted by molar-refractivity contribution is -0.122. The highest BCUT2D eigenvalue weighted by molar-refractivity contribution is 9.10. The van der Waals surface area contributed by atoms with Crippen molar-refractivity contribution >= 4 is 21.8 Å². The molecular weight excluding hydrogens is 300 g/mol. The monoisotopic (exact) mass is 316 g/mol. The number of methoxy groups -OCH3 is 1. The van der Waals surface area contributed by atoms with Gasteiger partial charge in [-0.3, -0.25) is 4.79 Å². The number of nitrogens with two attached hydrogens (primary N) is 1. The highest BCUT2D eigenvalue weighted by Gasteiger charge is 2.01. The molecule has 5 nitrogen and oxygen atoms in total. The lowest BCUT2D eigenvalue weighted by Crippen LogP contribution is -2.23. The van der Waals surface area contributed by atoms with E-state index in [9.17, 15) is 4.79 Å². The fourth-order valence-corrected chi connectivity index (χ4v) is 1.74. The van der Waals surface area contributed by atoms with Crippen LogP contribution in [0.3, 0.4) is 0 Å². The molecule has 0 bridgehead atoms. The molecule has 6 heteroatoms. The first-order valence-electron chi connectivity index (χ1n) is 5.52. The standard InChI is InChI=1S/C12H17BrN2O3/c1-17-10-2-3-11(13)9(6-10)7-15-4-5-18-8-12(14)16/h2-3,6,15H,4-5,7-8H2,1H3,(H2,14,16). The zero-order chi connectivity index (χ0) is 13.4. The van der Waals surface area contributed by atoms with Crippen molar-refractivity contribution in [2.45, 2.75) is 6.54 Å². The molecule has 0 aliphatic carbocycles. The predicted molar refractivity (Wildman–Crippen MR) is 72.4 cm³/mol. The van der Waals surface area contributed by atoms with Crippen LogP contribution in [0.15, 0.2) is 22.7 Å². The Morgan fingerprint density at radius 3 is 2.94 bits per heavy atom. The van der Waals surface area contributed by atoms with E-state index < -0.39 is 5.91 Å². The van der Waals surface area contributed by atoms with Crippen molar-refractivity contribution in [2.75, 3.05) is 26.9 Å². The molecule has 0 fully saturated rings. The summed E-state index contributed by atoms with van der Waals surface area (Å²) in [6.07, 6.45) is 0. The van der Waals surface area contributed by atoms with Crippen LogP contribution in [0.2, 0.25) is 0 Å². The number of carbonyl (C=O) groups is 1. The highest BCUT2D eigenvalue weighted by atomic mass is 79.9. The zero-order valence-corrected chi connectivity index (χ0v) is 11.8. The van der Waals surface area contributed by atoms with Gasteiger partial charge in [-0.2, -0.15) is 0 Å². The van der Waals surface area contributed by atoms with Crippen molar-refractivity contribution in [3.05, 3.63) is 28.2 Å². The fraction of sp³-hybridized carbons (Fsp3) is 0.417. The Balaban J connectivity index is 2.28. The molecule has 0 aliphatic rings. The van der Waals surface area contributed by atoms with E-state index in [1.54, 1.807) is 7.11 Å². The second kappa shape index (κ2) is 8.07. The molecule has 18 heavy (non-hydrogen) atoms. The lowest BCUT2D eigenvalue weighted by atomic mass is 10.2. The summed E-state index contributed by atoms with van der Waals surface area (Å²) >= 11 is 3.47. The SMILES string of the molecule is COc1ccc(Br)c(CNCCOCC(N)=O)c1. The maximum atomic E-state index is 10.4. The Bertz CT molecular complexity index is 399. The number of halogens is 1. The number of nitrogens with one attached hydrogen (secondary N) is 1. The summed E-state index contributed by atoms with van der Waals surface area (Å²) in [5, 5.41) is 3.20. The van der Waals surface area contributed by atoms with Gasteiger partial charge in [-0.1, -0.05) is 15.9 Å². The fourth-order valence-electron chi connectivity index (χ4n) is 1.35. The van der Waals surface area contributed by atoms with E-state index >= 15 is 0 Å². The van der Waals surface area contributed by atoms with Crippen LogP contribution in [0, 0.1) is 0 Å². The van der Waals surface area contributed by atoms with Gasteiger partial charge in [0.25, 0.3) is 0 Å². The Morgan fingerprint density at radius 1 is 1.50 bits per heavy atom. The van der Waals surface area contributed by atoms with Gasteiger partial charge in [0.05, 0.1) is 13.7 Å². The van der Waals surface area contributed by atoms with Crippen molar-refractivity contribution in [2.24, 2.45) is 5.73 Å². The zero-order valence-electron chi connectivity index (χ0n) is 10.2. The van der Waals surface area contributed by atoms with Crippen LogP contribution in [0.5, 0.6) is 5.75 Å². The van der Waals surface area contributed by atoms with Crippen LogP contribution in [0.4, 0.5) is 0 Å². The van der Waals surface area contributed by atoms with Gasteiger partial charge in [0.15, 0.2) is 0 Å². The second-order valence-corrected chi connectivity index (χ2v) is 4.51. The maximum absolute atomic E-state index is 10.4. The maximum Gasteiger partial charge on any atom is 0.243 e. The normalized spacial score (nSPS) is 10.3. The molecule has 0 unspecified atom stereocenters. The minimum Gasteiger partial charge on any atom is -0.497 e. The number of amides is 1. The number of ether oxygens (including phenoxy) is 2. The van der Waals surface area contributed by atoms with Crippen LogP contribution in [0.1, 0.15) is 5.56 Å². The van der Waals surface area contributed by atoms with Gasteiger partial charge in [0.1, 0.15) is 12.4 Å². The average molecular weight is 317 g/mol. The summed E-state index contributed by atoms with van der Waals surface area (Å²) in [4.78, 5) is 10.4. The Kier molecular flexibility index (Phi) is 6.70. The average Bonchev–Trinajstić information content (AvgIpc) is 2.35. The summed E-state index contributed by atoms with van der Waals surface area (Å²) in [6.45, 7) is 1.75. The van der Waals surface area contributed by atoms with Gasteiger partial charge in [0.2, 0.25) is 5.91 Å². The van der Waals surface area contributed by atoms with Crippen LogP contribution >= 0.6 is 15.9 Å². The number of rotatable bonds is 8. The third-order valence-electron chi connectivity index (χ3n) is 2.24. The minimum atomic E-state index is -0.453. The highest BCUT2D eigenvalue weighted by Crippen LogP contribution is 2.22. The molecule has 100 valence electrons. The summed E-state index contributed by atoms with van der Waals surface area (Å²) < 4.78 is 11.2. The van der Waals surface area contributed by atoms with Crippen LogP contribution in [-0.4, -0.2) is 32.8 Å². The van der Waals surface area contributed by atoms with E-state index in [1.165, 1.54) is 0 Å². The second-order valence-electron chi connectivity index (χ2n) is 3.65. The molecule has 0 saturated carbocycles. The Morgan fingerprint density at radius 2 is 2.28 bits per heavy atom. The van der Waals surface area contributed by atoms with Gasteiger partial charge < -0.3 is 20.5 Å². The molecule has 0 saturated heterocycles. The largest absolute Gasteiger partial charge is 0.497 e. The Hall–Kier alpha value is -1.11. The van der Waals surface area contributed by atoms with Gasteiger partial charge in [-0.05, 0) is 23.8 Å². The van der Waals surface area contributed by atoms with Crippen molar-refractivity contribution in [3.8, 4) is 5.75 Å². The first kappa shape index (κ1) is 14.9. The van der Waals surface area contributed by atoms with Gasteiger partial charge in [-0.25, -0.2) is 0 Å². The topological polar surface area (TPSA) is 73.6 Å². The van der Waals surface area contributed by atoms with Crippen LogP contribution < -0.4 is 15.8 Å². The molecule has 1 amide bonds. The van der Waals surface area contributed by atoms with E-state index in [0.29, 0.717) is 19.7 Å². The van der Waals surface area contributed by atoms with Crippen LogP contribution in [0.25, 0.3) is 0 Å². The number of benzene rings is 1. The molecule has 0 radical (unpaired) electrons. The van der Waals surface area contributed by atoms with Crippen molar-refractivity contribution in [1.29, 1.82) is 0 Å². The Labute approximate surface area is 115 Å². The van der Waals surface area contributed by atoms with E-state index in [4.69, 9.17) is 15.2 Å². The van der Waals surface area contributed by atoms with Crippen molar-refractivity contribution in [1.82, 2.24) is 5.32 Å². The first-order chi connectivity index (χ1) is 8.63. The molecule has 1 aromatic rings. The summed E-state index contributed by atoms with van der Waals surface area (Å²) in [5.74, 6) is 0.366. The van der Waals surface area contributed by atoms with E-state index in [-0.39, 0.29) is 6.61 Å². The number of hydrogen-bond acceptors (Lipinski definition) is 4. The first-order valence-corrected chi connectivity index (χ1v) is 6.32. The molecule has 0 heterocycles. The number of hydrogen-bond donors (Lipinski definition) is 2. The van der Waals surface area contributed by atoms with E-state index in [2.05, 4.69) is 21.2 Å². The van der Waals surface area contributed by atoms with Gasteiger partial charge in [0, 0.05) is 17.6 Å². The quantitative estimate of drug-likeness (QED) is 0.703. The molecule has 0 aliphatic heterocycles. The van der Waals surface area contributed by atoms with Gasteiger partial charge in [-0.15, -0.1) is 0 Å². The molecular formula is C12H17BrN2O3. The van der Waals surface area contributed by atoms with Crippen molar-refractivity contribution < 1.29 is 14.3 Å². The smallest absolute Gasteiger partial charge is 0.243 e. The van der Waals surface area contributed by atoms with Crippen LogP contribution in [-0.2, 0) is 16.1 Å². The number of primary amides is 1. The van der Waals surface area contributed by atoms with E-state index in [0.717, 1.165) is 15.8 Å². The third kappa shape index (κ3) is 5.48. The molecule has 1 aromatic carbocycles. The lowest BCUT2D eigenvalue weighted by Gasteiger charge is -2.09. The van der Waals surface area contributed by atoms with Crippen molar-refractivity contribution in [3.63, 3.8) is 0 Å². The predicted octanol–water partition coefficient (Wildman–Crippen LogP) is 1.05. The molecule has 3 N–H and O–H groups in total. The minimum absolute atomic E-state index is 0.0372. The third-order valence-corrected chi connectivity index (χ3v) is 3.01. The van der Waals surface area contributed by atoms with E-state index in [1.807, 2.05) is 18.2 Å². The molecule has 1 rings (SSSR count). The van der Waals surface area contributed by atoms with Gasteiger partial charge >= 0.3 is 0 Å². The summed E-state index contributed by atoms with van der Waals surface area (Å²) in [7, 11) is 1.64.